The monoisotopic (exact) mass is 365 g/mol. The summed E-state index contributed by atoms with van der Waals surface area (Å²) in [6.45, 7) is 4.96. The molecule has 0 bridgehead atoms. The Bertz CT molecular complexity index is 787. The topological polar surface area (TPSA) is 56.7 Å². The van der Waals surface area contributed by atoms with Crippen LogP contribution in [0.4, 0.5) is 0 Å². The number of aliphatic hydroxyl groups is 1. The fourth-order valence-electron chi connectivity index (χ4n) is 4.42. The third-order valence-electron chi connectivity index (χ3n) is 6.01. The molecule has 0 spiro atoms. The number of rotatable bonds is 3. The van der Waals surface area contributed by atoms with Crippen LogP contribution in [-0.4, -0.2) is 58.0 Å². The first kappa shape index (κ1) is 18.1. The lowest BCUT2D eigenvalue weighted by Crippen LogP contribution is -2.61. The van der Waals surface area contributed by atoms with E-state index in [1.807, 2.05) is 54.3 Å². The molecule has 2 aliphatic heterocycles. The van der Waals surface area contributed by atoms with Crippen LogP contribution >= 0.6 is 0 Å². The maximum atomic E-state index is 13.0. The second kappa shape index (κ2) is 7.41. The van der Waals surface area contributed by atoms with Crippen molar-refractivity contribution in [2.75, 3.05) is 26.2 Å². The summed E-state index contributed by atoms with van der Waals surface area (Å²) in [5.41, 5.74) is 1.55. The van der Waals surface area contributed by atoms with Crippen molar-refractivity contribution >= 4 is 5.91 Å². The van der Waals surface area contributed by atoms with Gasteiger partial charge >= 0.3 is 0 Å². The lowest BCUT2D eigenvalue weighted by atomic mass is 9.79. The van der Waals surface area contributed by atoms with Gasteiger partial charge in [-0.2, -0.15) is 0 Å². The quantitative estimate of drug-likeness (QED) is 0.908. The highest BCUT2D eigenvalue weighted by Gasteiger charge is 2.47. The molecule has 2 saturated heterocycles. The van der Waals surface area contributed by atoms with E-state index in [0.29, 0.717) is 25.1 Å². The number of pyridine rings is 1. The molecular formula is C22H27N3O2. The molecule has 1 N–H and O–H groups in total. The van der Waals surface area contributed by atoms with E-state index in [1.165, 1.54) is 0 Å². The van der Waals surface area contributed by atoms with Crippen LogP contribution in [0.3, 0.4) is 0 Å². The highest BCUT2D eigenvalue weighted by atomic mass is 16.3. The fourth-order valence-corrected chi connectivity index (χ4v) is 4.42. The second-order valence-electron chi connectivity index (χ2n) is 7.74. The molecule has 5 nitrogen and oxygen atoms in total. The molecule has 142 valence electrons. The van der Waals surface area contributed by atoms with Gasteiger partial charge in [-0.25, -0.2) is 0 Å². The molecule has 5 heteroatoms. The smallest absolute Gasteiger partial charge is 0.255 e. The maximum Gasteiger partial charge on any atom is 0.255 e. The third kappa shape index (κ3) is 3.49. The van der Waals surface area contributed by atoms with Crippen LogP contribution in [0, 0.1) is 6.92 Å². The lowest BCUT2D eigenvalue weighted by molar-refractivity contribution is -0.0878. The molecule has 27 heavy (non-hydrogen) atoms. The van der Waals surface area contributed by atoms with Crippen molar-refractivity contribution in [3.63, 3.8) is 0 Å². The molecule has 1 aromatic heterocycles. The van der Waals surface area contributed by atoms with Crippen molar-refractivity contribution in [3.8, 4) is 0 Å². The van der Waals surface area contributed by atoms with E-state index in [9.17, 15) is 9.90 Å². The summed E-state index contributed by atoms with van der Waals surface area (Å²) < 4.78 is 0. The fraction of sp³-hybridized carbons (Fsp3) is 0.455. The minimum Gasteiger partial charge on any atom is -0.383 e. The third-order valence-corrected chi connectivity index (χ3v) is 6.01. The zero-order chi connectivity index (χ0) is 18.9. The SMILES string of the molecule is Cc1ccc(C(=O)N2CC[C@](O)(c3ccccc3)[C@H](N3CCCC3)C2)cn1. The molecule has 2 aromatic rings. The summed E-state index contributed by atoms with van der Waals surface area (Å²) in [6.07, 6.45) is 4.50. The standard InChI is InChI=1S/C22H27N3O2/c1-17-9-10-18(15-23-17)21(26)25-14-11-22(27,19-7-3-2-4-8-19)20(16-25)24-12-5-6-13-24/h2-4,7-10,15,20,27H,5-6,11-14,16H2,1H3/t20-,22+/m1/s1. The van der Waals surface area contributed by atoms with Crippen molar-refractivity contribution in [2.45, 2.75) is 37.8 Å². The summed E-state index contributed by atoms with van der Waals surface area (Å²) in [5, 5.41) is 11.7. The average Bonchev–Trinajstić information content (AvgIpc) is 3.23. The Morgan fingerprint density at radius 3 is 2.52 bits per heavy atom. The molecule has 2 fully saturated rings. The molecule has 4 rings (SSSR count). The van der Waals surface area contributed by atoms with Crippen molar-refractivity contribution in [1.82, 2.24) is 14.8 Å². The van der Waals surface area contributed by atoms with Crippen LogP contribution in [0.15, 0.2) is 48.7 Å². The first-order valence-corrected chi connectivity index (χ1v) is 9.82. The number of aryl methyl sites for hydroxylation is 1. The van der Waals surface area contributed by atoms with Crippen LogP contribution in [0.2, 0.25) is 0 Å². The molecule has 0 aliphatic carbocycles. The highest BCUT2D eigenvalue weighted by molar-refractivity contribution is 5.94. The number of nitrogens with zero attached hydrogens (tertiary/aromatic N) is 3. The van der Waals surface area contributed by atoms with Gasteiger partial charge in [-0.3, -0.25) is 14.7 Å². The normalized spacial score (nSPS) is 26.3. The van der Waals surface area contributed by atoms with E-state index >= 15 is 0 Å². The number of likely N-dealkylation sites (tertiary alicyclic amines) is 2. The minimum absolute atomic E-state index is 0.00167. The van der Waals surface area contributed by atoms with Crippen molar-refractivity contribution in [1.29, 1.82) is 0 Å². The van der Waals surface area contributed by atoms with Gasteiger partial charge in [0.25, 0.3) is 5.91 Å². The molecule has 3 heterocycles. The zero-order valence-electron chi connectivity index (χ0n) is 15.8. The second-order valence-corrected chi connectivity index (χ2v) is 7.74. The number of hydrogen-bond acceptors (Lipinski definition) is 4. The summed E-state index contributed by atoms with van der Waals surface area (Å²) in [6, 6.07) is 13.6. The number of aromatic nitrogens is 1. The van der Waals surface area contributed by atoms with Gasteiger partial charge in [-0.1, -0.05) is 30.3 Å². The Balaban J connectivity index is 1.61. The largest absolute Gasteiger partial charge is 0.383 e. The molecular weight excluding hydrogens is 338 g/mol. The maximum absolute atomic E-state index is 13.0. The summed E-state index contributed by atoms with van der Waals surface area (Å²) in [5.74, 6) is 0.00167. The highest BCUT2D eigenvalue weighted by Crippen LogP contribution is 2.37. The molecule has 1 aromatic carbocycles. The average molecular weight is 365 g/mol. The Kier molecular flexibility index (Phi) is 4.98. The van der Waals surface area contributed by atoms with Crippen LogP contribution in [0.25, 0.3) is 0 Å². The van der Waals surface area contributed by atoms with Crippen molar-refractivity contribution in [2.24, 2.45) is 0 Å². The molecule has 1 amide bonds. The van der Waals surface area contributed by atoms with Crippen LogP contribution < -0.4 is 0 Å². The first-order chi connectivity index (χ1) is 13.1. The van der Waals surface area contributed by atoms with Gasteiger partial charge in [0.2, 0.25) is 0 Å². The van der Waals surface area contributed by atoms with Gasteiger partial charge in [0.1, 0.15) is 5.60 Å². The summed E-state index contributed by atoms with van der Waals surface area (Å²) in [4.78, 5) is 21.5. The number of benzene rings is 1. The predicted octanol–water partition coefficient (Wildman–Crippen LogP) is 2.59. The Labute approximate surface area is 160 Å². The lowest BCUT2D eigenvalue weighted by Gasteiger charge is -2.48. The predicted molar refractivity (Wildman–Crippen MR) is 104 cm³/mol. The van der Waals surface area contributed by atoms with E-state index in [4.69, 9.17) is 0 Å². The Hall–Kier alpha value is -2.24. The number of amides is 1. The van der Waals surface area contributed by atoms with E-state index < -0.39 is 5.60 Å². The van der Waals surface area contributed by atoms with Crippen LogP contribution in [-0.2, 0) is 5.60 Å². The van der Waals surface area contributed by atoms with Gasteiger partial charge in [0, 0.05) is 25.0 Å². The molecule has 0 unspecified atom stereocenters. The Morgan fingerprint density at radius 2 is 1.85 bits per heavy atom. The zero-order valence-corrected chi connectivity index (χ0v) is 15.8. The molecule has 0 radical (unpaired) electrons. The van der Waals surface area contributed by atoms with E-state index in [0.717, 1.165) is 37.2 Å². The molecule has 0 saturated carbocycles. The minimum atomic E-state index is -0.923. The van der Waals surface area contributed by atoms with Gasteiger partial charge in [-0.15, -0.1) is 0 Å². The first-order valence-electron chi connectivity index (χ1n) is 9.82. The van der Waals surface area contributed by atoms with Crippen LogP contribution in [0.1, 0.15) is 40.9 Å². The molecule has 2 atom stereocenters. The van der Waals surface area contributed by atoms with Gasteiger partial charge in [-0.05, 0) is 57.0 Å². The molecule has 2 aliphatic rings. The summed E-state index contributed by atoms with van der Waals surface area (Å²) in [7, 11) is 0. The number of piperidine rings is 1. The van der Waals surface area contributed by atoms with E-state index in [-0.39, 0.29) is 11.9 Å². The van der Waals surface area contributed by atoms with Crippen LogP contribution in [0.5, 0.6) is 0 Å². The number of carbonyl (C=O) groups is 1. The Morgan fingerprint density at radius 1 is 1.11 bits per heavy atom. The number of carbonyl (C=O) groups excluding carboxylic acids is 1. The van der Waals surface area contributed by atoms with Crippen molar-refractivity contribution in [3.05, 3.63) is 65.5 Å². The van der Waals surface area contributed by atoms with E-state index in [1.54, 1.807) is 6.20 Å². The van der Waals surface area contributed by atoms with Gasteiger partial charge < -0.3 is 10.0 Å². The van der Waals surface area contributed by atoms with Gasteiger partial charge in [0.15, 0.2) is 0 Å². The summed E-state index contributed by atoms with van der Waals surface area (Å²) >= 11 is 0. The number of hydrogen-bond donors (Lipinski definition) is 1. The van der Waals surface area contributed by atoms with Gasteiger partial charge in [0.05, 0.1) is 11.6 Å². The van der Waals surface area contributed by atoms with E-state index in [2.05, 4.69) is 9.88 Å². The van der Waals surface area contributed by atoms with Crippen molar-refractivity contribution < 1.29 is 9.90 Å².